The molecule has 158 valence electrons. The number of anilines is 2. The van der Waals surface area contributed by atoms with Crippen molar-refractivity contribution in [2.75, 3.05) is 31.6 Å². The normalized spacial score (nSPS) is 15.6. The topological polar surface area (TPSA) is 61.3 Å². The minimum atomic E-state index is -4.23. The highest BCUT2D eigenvalue weighted by molar-refractivity contribution is 7.15. The summed E-state index contributed by atoms with van der Waals surface area (Å²) in [6.45, 7) is 2.78. The number of rotatable bonds is 6. The first kappa shape index (κ1) is 24.9. The molecule has 1 aliphatic rings. The lowest BCUT2D eigenvalue weighted by Crippen LogP contribution is -2.34. The number of nitrogens with zero attached hydrogens (tertiary/aromatic N) is 3. The zero-order valence-corrected chi connectivity index (χ0v) is 17.4. The summed E-state index contributed by atoms with van der Waals surface area (Å²) < 4.78 is 37.3. The molecule has 28 heavy (non-hydrogen) atoms. The number of hydrogen-bond acceptors (Lipinski definition) is 6. The van der Waals surface area contributed by atoms with Crippen molar-refractivity contribution in [3.8, 4) is 0 Å². The lowest BCUT2D eigenvalue weighted by atomic mass is 9.90. The zero-order valence-electron chi connectivity index (χ0n) is 15.0. The summed E-state index contributed by atoms with van der Waals surface area (Å²) in [5.41, 5.74) is 1.17. The molecule has 0 radical (unpaired) electrons. The van der Waals surface area contributed by atoms with E-state index in [1.54, 1.807) is 6.20 Å². The third kappa shape index (κ3) is 7.36. The maximum Gasteiger partial charge on any atom is 0.393 e. The van der Waals surface area contributed by atoms with Gasteiger partial charge < -0.3 is 15.3 Å². The SMILES string of the molecule is Cl.Cl.OCCN1CCC(c2ccnc(Nc3ncc(CC(F)(F)F)s3)c2)CC1. The molecule has 1 saturated heterocycles. The molecule has 2 aromatic rings. The van der Waals surface area contributed by atoms with Gasteiger partial charge >= 0.3 is 6.18 Å². The van der Waals surface area contributed by atoms with Crippen LogP contribution < -0.4 is 5.32 Å². The van der Waals surface area contributed by atoms with Gasteiger partial charge in [0.2, 0.25) is 0 Å². The van der Waals surface area contributed by atoms with Gasteiger partial charge in [0.05, 0.1) is 13.0 Å². The van der Waals surface area contributed by atoms with E-state index in [4.69, 9.17) is 5.11 Å². The summed E-state index contributed by atoms with van der Waals surface area (Å²) in [5.74, 6) is 1.01. The predicted octanol–water partition coefficient (Wildman–Crippen LogP) is 4.40. The van der Waals surface area contributed by atoms with Gasteiger partial charge in [-0.25, -0.2) is 9.97 Å². The molecule has 0 saturated carbocycles. The summed E-state index contributed by atoms with van der Waals surface area (Å²) in [6.07, 6.45) is -0.213. The molecule has 3 rings (SSSR count). The number of hydrogen-bond donors (Lipinski definition) is 2. The standard InChI is InChI=1S/C17H21F3N4OS.2ClH/c18-17(19,20)10-14-11-22-16(26-14)23-15-9-13(1-4-21-15)12-2-5-24(6-3-12)7-8-25;;/h1,4,9,11-12,25H,2-3,5-8,10H2,(H,21,22,23);2*1H. The number of nitrogens with one attached hydrogen (secondary N) is 1. The number of alkyl halides is 3. The van der Waals surface area contributed by atoms with E-state index in [2.05, 4.69) is 20.2 Å². The van der Waals surface area contributed by atoms with E-state index in [0.717, 1.165) is 37.3 Å². The van der Waals surface area contributed by atoms with Crippen LogP contribution in [0.5, 0.6) is 0 Å². The van der Waals surface area contributed by atoms with E-state index in [9.17, 15) is 13.2 Å². The number of aliphatic hydroxyl groups is 1. The second kappa shape index (κ2) is 11.2. The minimum Gasteiger partial charge on any atom is -0.395 e. The molecule has 0 aromatic carbocycles. The first-order valence-corrected chi connectivity index (χ1v) is 9.32. The first-order valence-electron chi connectivity index (χ1n) is 8.50. The number of β-amino-alcohol motifs (C(OH)–C–C–N with tert-alkyl or cyclic N) is 1. The predicted molar refractivity (Wildman–Crippen MR) is 109 cm³/mol. The van der Waals surface area contributed by atoms with E-state index < -0.39 is 12.6 Å². The van der Waals surface area contributed by atoms with E-state index in [0.29, 0.717) is 23.4 Å². The third-order valence-electron chi connectivity index (χ3n) is 4.42. The second-order valence-corrected chi connectivity index (χ2v) is 7.48. The van der Waals surface area contributed by atoms with Gasteiger partial charge in [0, 0.05) is 23.8 Å². The Morgan fingerprint density at radius 2 is 1.93 bits per heavy atom. The van der Waals surface area contributed by atoms with Crippen LogP contribution in [0.3, 0.4) is 0 Å². The van der Waals surface area contributed by atoms with Crippen molar-refractivity contribution < 1.29 is 18.3 Å². The largest absolute Gasteiger partial charge is 0.395 e. The van der Waals surface area contributed by atoms with Crippen LogP contribution in [-0.2, 0) is 6.42 Å². The molecular weight excluding hydrogens is 436 g/mol. The van der Waals surface area contributed by atoms with Crippen LogP contribution in [0.4, 0.5) is 24.1 Å². The Labute approximate surface area is 178 Å². The quantitative estimate of drug-likeness (QED) is 0.671. The molecule has 11 heteroatoms. The van der Waals surface area contributed by atoms with Crippen molar-refractivity contribution in [2.24, 2.45) is 0 Å². The van der Waals surface area contributed by atoms with Crippen LogP contribution in [-0.4, -0.2) is 52.4 Å². The number of piperidine rings is 1. The molecule has 0 aliphatic carbocycles. The maximum absolute atomic E-state index is 12.4. The molecule has 3 heterocycles. The van der Waals surface area contributed by atoms with Gasteiger partial charge in [-0.3, -0.25) is 0 Å². The van der Waals surface area contributed by atoms with Gasteiger partial charge in [-0.2, -0.15) is 13.2 Å². The lowest BCUT2D eigenvalue weighted by Gasteiger charge is -2.31. The molecule has 0 bridgehead atoms. The number of halogens is 5. The van der Waals surface area contributed by atoms with Crippen molar-refractivity contribution in [3.63, 3.8) is 0 Å². The molecule has 0 spiro atoms. The molecule has 1 aliphatic heterocycles. The van der Waals surface area contributed by atoms with Crippen LogP contribution in [0.15, 0.2) is 24.5 Å². The second-order valence-electron chi connectivity index (χ2n) is 6.36. The van der Waals surface area contributed by atoms with E-state index in [1.165, 1.54) is 11.8 Å². The smallest absolute Gasteiger partial charge is 0.393 e. The Bertz CT molecular complexity index is 724. The third-order valence-corrected chi connectivity index (χ3v) is 5.34. The molecule has 2 N–H and O–H groups in total. The van der Waals surface area contributed by atoms with Crippen molar-refractivity contribution in [1.82, 2.24) is 14.9 Å². The Kier molecular flexibility index (Phi) is 9.92. The highest BCUT2D eigenvalue weighted by atomic mass is 35.5. The fraction of sp³-hybridized carbons (Fsp3) is 0.529. The van der Waals surface area contributed by atoms with E-state index in [-0.39, 0.29) is 36.3 Å². The minimum absolute atomic E-state index is 0. The van der Waals surface area contributed by atoms with Gasteiger partial charge in [0.1, 0.15) is 5.82 Å². The van der Waals surface area contributed by atoms with Gasteiger partial charge in [0.25, 0.3) is 0 Å². The van der Waals surface area contributed by atoms with Crippen LogP contribution in [0.2, 0.25) is 0 Å². The van der Waals surface area contributed by atoms with Crippen molar-refractivity contribution in [1.29, 1.82) is 0 Å². The lowest BCUT2D eigenvalue weighted by molar-refractivity contribution is -0.126. The fourth-order valence-corrected chi connectivity index (χ4v) is 4.01. The monoisotopic (exact) mass is 458 g/mol. The molecule has 5 nitrogen and oxygen atoms in total. The van der Waals surface area contributed by atoms with Gasteiger partial charge in [-0.05, 0) is 49.5 Å². The summed E-state index contributed by atoms with van der Waals surface area (Å²) in [7, 11) is 0. The Hall–Kier alpha value is -1.13. The van der Waals surface area contributed by atoms with Crippen molar-refractivity contribution in [2.45, 2.75) is 31.4 Å². The highest BCUT2D eigenvalue weighted by Gasteiger charge is 2.28. The average molecular weight is 459 g/mol. The zero-order chi connectivity index (χ0) is 18.6. The molecule has 0 atom stereocenters. The Morgan fingerprint density at radius 1 is 1.21 bits per heavy atom. The molecular formula is C17H23Cl2F3N4OS. The van der Waals surface area contributed by atoms with Gasteiger partial charge in [0.15, 0.2) is 5.13 Å². The summed E-state index contributed by atoms with van der Waals surface area (Å²) in [6, 6.07) is 3.92. The first-order chi connectivity index (χ1) is 12.4. The molecule has 2 aromatic heterocycles. The number of likely N-dealkylation sites (tertiary alicyclic amines) is 1. The van der Waals surface area contributed by atoms with Crippen molar-refractivity contribution in [3.05, 3.63) is 35.0 Å². The van der Waals surface area contributed by atoms with Gasteiger partial charge in [-0.1, -0.05) is 0 Å². The number of pyridine rings is 1. The van der Waals surface area contributed by atoms with Crippen LogP contribution in [0.1, 0.15) is 29.2 Å². The van der Waals surface area contributed by atoms with E-state index in [1.807, 2.05) is 12.1 Å². The van der Waals surface area contributed by atoms with E-state index >= 15 is 0 Å². The fourth-order valence-electron chi connectivity index (χ4n) is 3.15. The van der Waals surface area contributed by atoms with Gasteiger partial charge in [-0.15, -0.1) is 36.2 Å². The summed E-state index contributed by atoms with van der Waals surface area (Å²) >= 11 is 0.989. The Morgan fingerprint density at radius 3 is 2.57 bits per heavy atom. The molecule has 1 fully saturated rings. The number of aromatic nitrogens is 2. The van der Waals surface area contributed by atoms with Crippen LogP contribution in [0.25, 0.3) is 0 Å². The number of thiazole rings is 1. The van der Waals surface area contributed by atoms with Crippen LogP contribution >= 0.6 is 36.2 Å². The highest BCUT2D eigenvalue weighted by Crippen LogP contribution is 2.31. The average Bonchev–Trinajstić information content (AvgIpc) is 3.01. The van der Waals surface area contributed by atoms with Crippen molar-refractivity contribution >= 4 is 47.1 Å². The molecule has 0 amide bonds. The molecule has 0 unspecified atom stereocenters. The Balaban J connectivity index is 0.00000196. The summed E-state index contributed by atoms with van der Waals surface area (Å²) in [5, 5.41) is 12.4. The maximum atomic E-state index is 12.4. The van der Waals surface area contributed by atoms with Crippen LogP contribution in [0, 0.1) is 0 Å². The summed E-state index contributed by atoms with van der Waals surface area (Å²) in [4.78, 5) is 10.7. The number of aliphatic hydroxyl groups excluding tert-OH is 1.